The third kappa shape index (κ3) is 3.47. The number of benzene rings is 2. The number of phenolic OH excluding ortho intramolecular Hbond substituents is 1. The number of allylic oxidation sites excluding steroid dienone is 1. The largest absolute Gasteiger partial charge is 0.508 e. The van der Waals surface area contributed by atoms with E-state index in [1.807, 2.05) is 0 Å². The zero-order valence-corrected chi connectivity index (χ0v) is 17.5. The zero-order chi connectivity index (χ0) is 23.5. The molecule has 0 radical (unpaired) electrons. The lowest BCUT2D eigenvalue weighted by Crippen LogP contribution is -2.56. The number of hydrogen-bond donors (Lipinski definition) is 2. The van der Waals surface area contributed by atoms with E-state index >= 15 is 0 Å². The van der Waals surface area contributed by atoms with Crippen LogP contribution in [-0.2, 0) is 5.41 Å². The predicted molar refractivity (Wildman–Crippen MR) is 112 cm³/mol. The molecule has 168 valence electrons. The molecule has 2 N–H and O–H groups in total. The average Bonchev–Trinajstić information content (AvgIpc) is 2.70. The maximum absolute atomic E-state index is 14.3. The maximum Gasteiger partial charge on any atom is 0.419 e. The van der Waals surface area contributed by atoms with E-state index in [9.17, 15) is 32.6 Å². The summed E-state index contributed by atoms with van der Waals surface area (Å²) in [6.45, 7) is 1.38. The summed E-state index contributed by atoms with van der Waals surface area (Å²) in [6.07, 6.45) is -2.21. The van der Waals surface area contributed by atoms with Crippen LogP contribution in [0, 0.1) is 5.82 Å². The van der Waals surface area contributed by atoms with E-state index in [-0.39, 0.29) is 27.2 Å². The van der Waals surface area contributed by atoms with Gasteiger partial charge in [-0.2, -0.15) is 13.2 Å². The number of phenols is 1. The van der Waals surface area contributed by atoms with Gasteiger partial charge in [0.2, 0.25) is 0 Å². The van der Waals surface area contributed by atoms with E-state index in [0.29, 0.717) is 0 Å². The van der Waals surface area contributed by atoms with Gasteiger partial charge in [-0.15, -0.1) is 0 Å². The molecule has 1 aliphatic carbocycles. The van der Waals surface area contributed by atoms with Crippen molar-refractivity contribution in [1.29, 1.82) is 0 Å². The van der Waals surface area contributed by atoms with Crippen LogP contribution in [0.3, 0.4) is 0 Å². The van der Waals surface area contributed by atoms with E-state index in [1.54, 1.807) is 0 Å². The van der Waals surface area contributed by atoms with Crippen LogP contribution >= 0.6 is 11.6 Å². The molecule has 32 heavy (non-hydrogen) atoms. The number of nitrogens with zero attached hydrogens (tertiary/aromatic N) is 1. The fraction of sp³-hybridized carbons (Fsp3) is 0.261. The van der Waals surface area contributed by atoms with Gasteiger partial charge in [0.25, 0.3) is 0 Å². The molecule has 0 bridgehead atoms. The molecule has 4 rings (SSSR count). The van der Waals surface area contributed by atoms with Crippen LogP contribution in [0.5, 0.6) is 5.75 Å². The topological polar surface area (TPSA) is 62.5 Å². The minimum absolute atomic E-state index is 0.0774. The van der Waals surface area contributed by atoms with Crippen molar-refractivity contribution in [3.8, 4) is 5.75 Å². The number of pyridine rings is 1. The summed E-state index contributed by atoms with van der Waals surface area (Å²) >= 11 is 5.94. The van der Waals surface area contributed by atoms with Gasteiger partial charge < -0.3 is 14.8 Å². The van der Waals surface area contributed by atoms with Gasteiger partial charge in [0.15, 0.2) is 11.0 Å². The van der Waals surface area contributed by atoms with Crippen molar-refractivity contribution in [3.63, 3.8) is 0 Å². The summed E-state index contributed by atoms with van der Waals surface area (Å²) in [5.41, 5.74) is -5.16. The quantitative estimate of drug-likeness (QED) is 0.399. The number of aromatic hydroxyl groups is 1. The van der Waals surface area contributed by atoms with Crippen LogP contribution in [0.2, 0.25) is 5.02 Å². The van der Waals surface area contributed by atoms with Crippen molar-refractivity contribution < 1.29 is 27.8 Å². The molecular weight excluding hydrogens is 450 g/mol. The minimum Gasteiger partial charge on any atom is -0.508 e. The first-order chi connectivity index (χ1) is 14.9. The van der Waals surface area contributed by atoms with E-state index in [1.165, 1.54) is 48.0 Å². The van der Waals surface area contributed by atoms with Crippen molar-refractivity contribution >= 4 is 22.5 Å². The monoisotopic (exact) mass is 467 g/mol. The molecule has 1 aliphatic rings. The van der Waals surface area contributed by atoms with Crippen molar-refractivity contribution in [3.05, 3.63) is 87.4 Å². The summed E-state index contributed by atoms with van der Waals surface area (Å²) in [5.74, 6) is -1.11. The van der Waals surface area contributed by atoms with Gasteiger partial charge in [-0.3, -0.25) is 4.79 Å². The van der Waals surface area contributed by atoms with Gasteiger partial charge in [0.05, 0.1) is 11.6 Å². The minimum atomic E-state index is -5.09. The molecule has 2 aromatic carbocycles. The third-order valence-corrected chi connectivity index (χ3v) is 6.26. The zero-order valence-electron chi connectivity index (χ0n) is 16.7. The first-order valence-corrected chi connectivity index (χ1v) is 10.0. The number of aliphatic hydroxyl groups is 1. The molecule has 3 atom stereocenters. The number of fused-ring (bicyclic) bond motifs is 1. The van der Waals surface area contributed by atoms with Crippen LogP contribution in [0.4, 0.5) is 17.6 Å². The highest BCUT2D eigenvalue weighted by atomic mass is 35.5. The Labute approximate surface area is 185 Å². The lowest BCUT2D eigenvalue weighted by Gasteiger charge is -2.46. The van der Waals surface area contributed by atoms with Gasteiger partial charge in [-0.1, -0.05) is 30.7 Å². The van der Waals surface area contributed by atoms with Gasteiger partial charge in [0, 0.05) is 40.1 Å². The normalized spacial score (nSPS) is 25.9. The fourth-order valence-corrected chi connectivity index (χ4v) is 4.59. The number of halogens is 5. The van der Waals surface area contributed by atoms with Crippen LogP contribution in [0.25, 0.3) is 10.9 Å². The SMILES string of the molecule is CC1(c2cc(F)ccc2O)C=CC(n2ccc(=O)c3cc(Cl)ccc32)C(O)(C(F)(F)F)C1. The van der Waals surface area contributed by atoms with Crippen molar-refractivity contribution in [2.75, 3.05) is 0 Å². The number of rotatable bonds is 2. The lowest BCUT2D eigenvalue weighted by molar-refractivity contribution is -0.278. The summed E-state index contributed by atoms with van der Waals surface area (Å²) < 4.78 is 58.0. The van der Waals surface area contributed by atoms with Crippen molar-refractivity contribution in [2.45, 2.75) is 36.6 Å². The molecule has 0 fully saturated rings. The van der Waals surface area contributed by atoms with E-state index in [4.69, 9.17) is 11.6 Å². The molecule has 0 aliphatic heterocycles. The number of alkyl halides is 3. The first-order valence-electron chi connectivity index (χ1n) is 9.64. The van der Waals surface area contributed by atoms with Gasteiger partial charge >= 0.3 is 6.18 Å². The Hall–Kier alpha value is -2.84. The molecule has 3 aromatic rings. The summed E-state index contributed by atoms with van der Waals surface area (Å²) in [7, 11) is 0. The smallest absolute Gasteiger partial charge is 0.419 e. The Balaban J connectivity index is 1.95. The second-order valence-electron chi connectivity index (χ2n) is 8.23. The maximum atomic E-state index is 14.3. The van der Waals surface area contributed by atoms with E-state index in [0.717, 1.165) is 24.3 Å². The Morgan fingerprint density at radius 2 is 1.88 bits per heavy atom. The number of aromatic nitrogens is 1. The lowest BCUT2D eigenvalue weighted by atomic mass is 9.66. The van der Waals surface area contributed by atoms with E-state index < -0.39 is 40.9 Å². The molecule has 4 nitrogen and oxygen atoms in total. The van der Waals surface area contributed by atoms with Crippen molar-refractivity contribution in [2.24, 2.45) is 0 Å². The molecule has 0 saturated carbocycles. The highest BCUT2D eigenvalue weighted by molar-refractivity contribution is 6.31. The van der Waals surface area contributed by atoms with Crippen molar-refractivity contribution in [1.82, 2.24) is 4.57 Å². The van der Waals surface area contributed by atoms with Gasteiger partial charge in [0.1, 0.15) is 11.6 Å². The molecule has 1 aromatic heterocycles. The van der Waals surface area contributed by atoms with Crippen LogP contribution in [-0.4, -0.2) is 26.6 Å². The molecule has 9 heteroatoms. The Bertz CT molecular complexity index is 1300. The third-order valence-electron chi connectivity index (χ3n) is 6.03. The highest BCUT2D eigenvalue weighted by Gasteiger charge is 2.62. The molecule has 0 saturated heterocycles. The average molecular weight is 468 g/mol. The second kappa shape index (κ2) is 7.35. The van der Waals surface area contributed by atoms with E-state index in [2.05, 4.69) is 0 Å². The summed E-state index contributed by atoms with van der Waals surface area (Å²) in [5, 5.41) is 21.6. The Morgan fingerprint density at radius 3 is 2.56 bits per heavy atom. The van der Waals surface area contributed by atoms with Gasteiger partial charge in [-0.05, 0) is 36.4 Å². The van der Waals surface area contributed by atoms with Crippen LogP contribution in [0.15, 0.2) is 65.6 Å². The Kier molecular flexibility index (Phi) is 5.14. The predicted octanol–water partition coefficient (Wildman–Crippen LogP) is 5.25. The Morgan fingerprint density at radius 1 is 1.16 bits per heavy atom. The number of hydrogen-bond acceptors (Lipinski definition) is 3. The molecule has 3 unspecified atom stereocenters. The fourth-order valence-electron chi connectivity index (χ4n) is 4.42. The molecular formula is C23H18ClF4NO3. The van der Waals surface area contributed by atoms with Crippen LogP contribution < -0.4 is 5.43 Å². The first kappa shape index (κ1) is 22.4. The highest BCUT2D eigenvalue weighted by Crippen LogP contribution is 2.52. The molecule has 0 spiro atoms. The standard InChI is InChI=1S/C23H18ClF4NO3/c1-21(16-11-14(25)3-5-19(16)31)8-6-20(22(32,12-21)23(26,27)28)29-9-7-18(30)15-10-13(24)2-4-17(15)29/h2-11,20,31-32H,12H2,1H3. The molecule has 0 amide bonds. The summed E-state index contributed by atoms with van der Waals surface area (Å²) in [6, 6.07) is 6.68. The summed E-state index contributed by atoms with van der Waals surface area (Å²) in [4.78, 5) is 12.2. The van der Waals surface area contributed by atoms with Gasteiger partial charge in [-0.25, -0.2) is 4.39 Å². The van der Waals surface area contributed by atoms with Crippen LogP contribution in [0.1, 0.15) is 24.9 Å². The second-order valence-corrected chi connectivity index (χ2v) is 8.67. The molecule has 1 heterocycles.